The fourth-order valence-electron chi connectivity index (χ4n) is 5.99. The van der Waals surface area contributed by atoms with Gasteiger partial charge in [-0.15, -0.1) is 0 Å². The van der Waals surface area contributed by atoms with Crippen molar-refractivity contribution in [3.8, 4) is 11.1 Å². The number of methoxy groups -OCH3 is 1. The number of aliphatic hydroxyl groups is 1. The van der Waals surface area contributed by atoms with Gasteiger partial charge < -0.3 is 30.0 Å². The van der Waals surface area contributed by atoms with Gasteiger partial charge in [-0.3, -0.25) is 4.90 Å². The molecule has 2 aliphatic rings. The van der Waals surface area contributed by atoms with Gasteiger partial charge in [0.05, 0.1) is 25.4 Å². The third kappa shape index (κ3) is 7.56. The molecule has 0 unspecified atom stereocenters. The third-order valence-corrected chi connectivity index (χ3v) is 8.20. The van der Waals surface area contributed by atoms with Crippen LogP contribution >= 0.6 is 0 Å². The number of ether oxygens (including phenoxy) is 3. The molecule has 0 saturated carbocycles. The summed E-state index contributed by atoms with van der Waals surface area (Å²) in [6, 6.07) is 24.7. The molecule has 0 spiro atoms. The standard InChI is InChI=1S/C34H43N3O5/c1-3-35-34(39)36-20-28-7-4-5-9-31(28)25-14-16-27(17-15-25)33-41-30(21-37-18-6-8-29(37)23-40-2)19-32(42-33)26-12-10-24(22-38)11-13-26/h4-5,7,9-17,29-30,32-33,38H,3,6,8,18-23H2,1-2H3,(H2,35,36,39)/t29-,30+,32-,33-/m0/s1. The molecule has 42 heavy (non-hydrogen) atoms. The van der Waals surface area contributed by atoms with E-state index in [9.17, 15) is 9.90 Å². The van der Waals surface area contributed by atoms with Crippen molar-refractivity contribution in [2.75, 3.05) is 33.4 Å². The summed E-state index contributed by atoms with van der Waals surface area (Å²) in [5.41, 5.74) is 6.12. The molecule has 3 N–H and O–H groups in total. The maximum atomic E-state index is 12.0. The van der Waals surface area contributed by atoms with Crippen LogP contribution in [0.3, 0.4) is 0 Å². The van der Waals surface area contributed by atoms with Crippen molar-refractivity contribution in [2.24, 2.45) is 0 Å². The van der Waals surface area contributed by atoms with Gasteiger partial charge in [-0.25, -0.2) is 4.79 Å². The highest BCUT2D eigenvalue weighted by Gasteiger charge is 2.35. The van der Waals surface area contributed by atoms with Crippen molar-refractivity contribution in [3.05, 3.63) is 95.1 Å². The van der Waals surface area contributed by atoms with Crippen molar-refractivity contribution in [1.29, 1.82) is 0 Å². The Morgan fingerprint density at radius 1 is 1.00 bits per heavy atom. The van der Waals surface area contributed by atoms with Crippen molar-refractivity contribution in [1.82, 2.24) is 15.5 Å². The van der Waals surface area contributed by atoms with Crippen LogP contribution in [-0.2, 0) is 27.4 Å². The first-order valence-electron chi connectivity index (χ1n) is 15.0. The predicted octanol–water partition coefficient (Wildman–Crippen LogP) is 5.32. The molecule has 2 aliphatic heterocycles. The molecule has 3 aromatic rings. The molecule has 0 bridgehead atoms. The summed E-state index contributed by atoms with van der Waals surface area (Å²) < 4.78 is 18.7. The number of hydrogen-bond acceptors (Lipinski definition) is 6. The molecule has 0 aromatic heterocycles. The van der Waals surface area contributed by atoms with Gasteiger partial charge in [-0.1, -0.05) is 72.8 Å². The molecular formula is C34H43N3O5. The molecule has 5 rings (SSSR count). The molecule has 2 heterocycles. The lowest BCUT2D eigenvalue weighted by Gasteiger charge is -2.38. The van der Waals surface area contributed by atoms with Crippen molar-refractivity contribution in [2.45, 2.75) is 63.9 Å². The average molecular weight is 574 g/mol. The van der Waals surface area contributed by atoms with Gasteiger partial charge in [0.25, 0.3) is 0 Å². The predicted molar refractivity (Wildman–Crippen MR) is 163 cm³/mol. The van der Waals surface area contributed by atoms with Crippen molar-refractivity contribution < 1.29 is 24.1 Å². The maximum absolute atomic E-state index is 12.0. The molecule has 0 aliphatic carbocycles. The van der Waals surface area contributed by atoms with E-state index in [-0.39, 0.29) is 24.8 Å². The van der Waals surface area contributed by atoms with Gasteiger partial charge in [0, 0.05) is 44.8 Å². The van der Waals surface area contributed by atoms with Gasteiger partial charge in [0.2, 0.25) is 0 Å². The van der Waals surface area contributed by atoms with Crippen LogP contribution in [-0.4, -0.2) is 61.5 Å². The smallest absolute Gasteiger partial charge is 0.315 e. The lowest BCUT2D eigenvalue weighted by molar-refractivity contribution is -0.253. The molecule has 8 heteroatoms. The van der Waals surface area contributed by atoms with Gasteiger partial charge >= 0.3 is 6.03 Å². The third-order valence-electron chi connectivity index (χ3n) is 8.20. The Labute approximate surface area is 249 Å². The Hall–Kier alpha value is -3.27. The number of urea groups is 1. The highest BCUT2D eigenvalue weighted by molar-refractivity contribution is 5.74. The fraction of sp³-hybridized carbons (Fsp3) is 0.441. The van der Waals surface area contributed by atoms with E-state index in [4.69, 9.17) is 14.2 Å². The molecule has 3 aromatic carbocycles. The van der Waals surface area contributed by atoms with E-state index in [0.29, 0.717) is 19.1 Å². The molecular weight excluding hydrogens is 530 g/mol. The van der Waals surface area contributed by atoms with Gasteiger partial charge in [0.1, 0.15) is 0 Å². The first-order chi connectivity index (χ1) is 20.6. The summed E-state index contributed by atoms with van der Waals surface area (Å²) in [5.74, 6) is 0. The first kappa shape index (κ1) is 30.2. The van der Waals surface area contributed by atoms with Crippen LogP contribution in [0.25, 0.3) is 11.1 Å². The first-order valence-corrected chi connectivity index (χ1v) is 15.0. The summed E-state index contributed by atoms with van der Waals surface area (Å²) in [6.07, 6.45) is 2.46. The van der Waals surface area contributed by atoms with Crippen LogP contribution in [0.1, 0.15) is 60.8 Å². The summed E-state index contributed by atoms with van der Waals surface area (Å²) in [6.45, 7) is 5.57. The Balaban J connectivity index is 1.34. The van der Waals surface area contributed by atoms with Crippen LogP contribution < -0.4 is 10.6 Å². The quantitative estimate of drug-likeness (QED) is 0.288. The van der Waals surface area contributed by atoms with Crippen LogP contribution in [0.5, 0.6) is 0 Å². The monoisotopic (exact) mass is 573 g/mol. The Kier molecular flexibility index (Phi) is 10.6. The number of nitrogens with zero attached hydrogens (tertiary/aromatic N) is 1. The molecule has 2 fully saturated rings. The Bertz CT molecular complexity index is 1280. The number of carbonyl (C=O) groups is 1. The van der Waals surface area contributed by atoms with Crippen LogP contribution in [0.2, 0.25) is 0 Å². The zero-order chi connectivity index (χ0) is 29.3. The summed E-state index contributed by atoms with van der Waals surface area (Å²) >= 11 is 0. The second kappa shape index (κ2) is 14.8. The Morgan fingerprint density at radius 3 is 2.50 bits per heavy atom. The van der Waals surface area contributed by atoms with Crippen LogP contribution in [0.15, 0.2) is 72.8 Å². The minimum Gasteiger partial charge on any atom is -0.392 e. The van der Waals surface area contributed by atoms with Gasteiger partial charge in [0.15, 0.2) is 6.29 Å². The number of amides is 2. The lowest BCUT2D eigenvalue weighted by Crippen LogP contribution is -2.42. The van der Waals surface area contributed by atoms with E-state index >= 15 is 0 Å². The molecule has 2 amide bonds. The molecule has 2 saturated heterocycles. The number of likely N-dealkylation sites (tertiary alicyclic amines) is 1. The molecule has 8 nitrogen and oxygen atoms in total. The van der Waals surface area contributed by atoms with E-state index < -0.39 is 6.29 Å². The Morgan fingerprint density at radius 2 is 1.76 bits per heavy atom. The van der Waals surface area contributed by atoms with Crippen molar-refractivity contribution in [3.63, 3.8) is 0 Å². The SMILES string of the molecule is CCNC(=O)NCc1ccccc1-c1ccc([C@H]2O[C@@H](CN3CCC[C@H]3COC)C[C@@H](c3ccc(CO)cc3)O2)cc1. The highest BCUT2D eigenvalue weighted by atomic mass is 16.7. The van der Waals surface area contributed by atoms with E-state index in [1.54, 1.807) is 7.11 Å². The lowest BCUT2D eigenvalue weighted by atomic mass is 9.97. The minimum absolute atomic E-state index is 0.00414. The maximum Gasteiger partial charge on any atom is 0.315 e. The average Bonchev–Trinajstić information content (AvgIpc) is 3.46. The number of aliphatic hydroxyl groups excluding tert-OH is 1. The second-order valence-electron chi connectivity index (χ2n) is 11.1. The summed E-state index contributed by atoms with van der Waals surface area (Å²) in [4.78, 5) is 14.5. The van der Waals surface area contributed by atoms with E-state index in [2.05, 4.69) is 45.9 Å². The van der Waals surface area contributed by atoms with E-state index in [1.165, 1.54) is 6.42 Å². The number of carbonyl (C=O) groups excluding carboxylic acids is 1. The number of benzene rings is 3. The van der Waals surface area contributed by atoms with Gasteiger partial charge in [-0.2, -0.15) is 0 Å². The van der Waals surface area contributed by atoms with E-state index in [0.717, 1.165) is 65.9 Å². The number of hydrogen-bond donors (Lipinski definition) is 3. The van der Waals surface area contributed by atoms with E-state index in [1.807, 2.05) is 49.4 Å². The van der Waals surface area contributed by atoms with Crippen LogP contribution in [0.4, 0.5) is 4.79 Å². The zero-order valence-electron chi connectivity index (χ0n) is 24.6. The minimum atomic E-state index is -0.501. The van der Waals surface area contributed by atoms with Crippen molar-refractivity contribution >= 4 is 6.03 Å². The molecule has 4 atom stereocenters. The fourth-order valence-corrected chi connectivity index (χ4v) is 5.99. The van der Waals surface area contributed by atoms with Crippen LogP contribution in [0, 0.1) is 0 Å². The summed E-state index contributed by atoms with van der Waals surface area (Å²) in [7, 11) is 1.77. The topological polar surface area (TPSA) is 92.3 Å². The number of nitrogens with one attached hydrogen (secondary N) is 2. The normalized spacial score (nSPS) is 22.6. The molecule has 0 radical (unpaired) electrons. The molecule has 224 valence electrons. The highest BCUT2D eigenvalue weighted by Crippen LogP contribution is 2.39. The number of rotatable bonds is 11. The summed E-state index contributed by atoms with van der Waals surface area (Å²) in [5, 5.41) is 15.2. The van der Waals surface area contributed by atoms with Gasteiger partial charge in [-0.05, 0) is 54.1 Å². The largest absolute Gasteiger partial charge is 0.392 e. The second-order valence-corrected chi connectivity index (χ2v) is 11.1. The zero-order valence-corrected chi connectivity index (χ0v) is 24.6.